The Kier molecular flexibility index (Phi) is 4.58. The third-order valence-corrected chi connectivity index (χ3v) is 5.88. The van der Waals surface area contributed by atoms with E-state index in [9.17, 15) is 9.59 Å². The Hall–Kier alpha value is -2.48. The minimum atomic E-state index is -0.168. The zero-order valence-corrected chi connectivity index (χ0v) is 15.4. The van der Waals surface area contributed by atoms with Gasteiger partial charge in [0.1, 0.15) is 5.82 Å². The van der Waals surface area contributed by atoms with Crippen LogP contribution in [0.1, 0.15) is 18.7 Å². The van der Waals surface area contributed by atoms with Gasteiger partial charge in [-0.3, -0.25) is 9.36 Å². The quantitative estimate of drug-likeness (QED) is 0.684. The number of benzene rings is 1. The number of nitrogens with zero attached hydrogens (tertiary/aromatic N) is 3. The zero-order valence-electron chi connectivity index (χ0n) is 14.6. The van der Waals surface area contributed by atoms with Gasteiger partial charge in [-0.2, -0.15) is 5.10 Å². The molecule has 136 valence electrons. The van der Waals surface area contributed by atoms with Gasteiger partial charge >= 0.3 is 5.69 Å². The molecule has 0 fully saturated rings. The Morgan fingerprint density at radius 2 is 2.23 bits per heavy atom. The van der Waals surface area contributed by atoms with E-state index < -0.39 is 0 Å². The van der Waals surface area contributed by atoms with E-state index in [1.807, 2.05) is 19.2 Å². The maximum atomic E-state index is 12.4. The number of hydrogen-bond acceptors (Lipinski definition) is 4. The summed E-state index contributed by atoms with van der Waals surface area (Å²) >= 11 is 1.56. The minimum absolute atomic E-state index is 0.0291. The maximum absolute atomic E-state index is 12.4. The molecule has 0 spiro atoms. The molecule has 3 heterocycles. The van der Waals surface area contributed by atoms with Crippen molar-refractivity contribution in [3.05, 3.63) is 46.8 Å². The molecular weight excluding hydrogens is 350 g/mol. The lowest BCUT2D eigenvalue weighted by atomic mass is 10.1. The standard InChI is InChI=1S/C18H21N5O2S/c1-22-10-15(13-4-2-3-5-14(13)22)26-11-17(24)19-12-6-7-16-20-21-18(25)23(16)9-8-12/h2-5,10,12H,6-9,11H2,1H3,(H,19,24)(H,21,25). The Morgan fingerprint density at radius 1 is 1.38 bits per heavy atom. The number of aromatic amines is 1. The second-order valence-corrected chi connectivity index (χ2v) is 7.62. The second-order valence-electron chi connectivity index (χ2n) is 6.60. The highest BCUT2D eigenvalue weighted by Gasteiger charge is 2.20. The molecule has 0 bridgehead atoms. The van der Waals surface area contributed by atoms with Gasteiger partial charge in [0.2, 0.25) is 5.91 Å². The molecule has 4 rings (SSSR count). The minimum Gasteiger partial charge on any atom is -0.353 e. The third-order valence-electron chi connectivity index (χ3n) is 4.84. The molecule has 3 aromatic rings. The molecule has 1 aromatic carbocycles. The molecule has 0 saturated heterocycles. The fraction of sp³-hybridized carbons (Fsp3) is 0.389. The van der Waals surface area contributed by atoms with E-state index in [1.54, 1.807) is 16.3 Å². The van der Waals surface area contributed by atoms with E-state index in [2.05, 4.69) is 38.4 Å². The summed E-state index contributed by atoms with van der Waals surface area (Å²) in [6.45, 7) is 0.589. The maximum Gasteiger partial charge on any atom is 0.343 e. The van der Waals surface area contributed by atoms with E-state index in [4.69, 9.17) is 0 Å². The van der Waals surface area contributed by atoms with Gasteiger partial charge in [0.15, 0.2) is 0 Å². The van der Waals surface area contributed by atoms with Crippen LogP contribution < -0.4 is 11.0 Å². The molecule has 26 heavy (non-hydrogen) atoms. The van der Waals surface area contributed by atoms with Crippen molar-refractivity contribution in [2.45, 2.75) is 36.7 Å². The molecule has 2 aromatic heterocycles. The van der Waals surface area contributed by atoms with Crippen LogP contribution in [0, 0.1) is 0 Å². The average molecular weight is 371 g/mol. The van der Waals surface area contributed by atoms with Gasteiger partial charge in [0.05, 0.1) is 5.75 Å². The van der Waals surface area contributed by atoms with Crippen molar-refractivity contribution in [2.24, 2.45) is 7.05 Å². The van der Waals surface area contributed by atoms with Crippen molar-refractivity contribution in [3.63, 3.8) is 0 Å². The number of amides is 1. The molecule has 1 unspecified atom stereocenters. The molecule has 1 aliphatic heterocycles. The number of para-hydroxylation sites is 1. The topological polar surface area (TPSA) is 84.7 Å². The molecule has 1 aliphatic rings. The lowest BCUT2D eigenvalue weighted by Crippen LogP contribution is -2.36. The molecular formula is C18H21N5O2S. The number of carbonyl (C=O) groups is 1. The van der Waals surface area contributed by atoms with E-state index in [-0.39, 0.29) is 17.6 Å². The van der Waals surface area contributed by atoms with Gasteiger partial charge in [-0.1, -0.05) is 18.2 Å². The van der Waals surface area contributed by atoms with E-state index >= 15 is 0 Å². The second kappa shape index (κ2) is 7.03. The Balaban J connectivity index is 1.35. The normalized spacial score (nSPS) is 17.0. The fourth-order valence-electron chi connectivity index (χ4n) is 3.48. The summed E-state index contributed by atoms with van der Waals surface area (Å²) in [5.41, 5.74) is 0.998. The van der Waals surface area contributed by atoms with Crippen LogP contribution >= 0.6 is 11.8 Å². The highest BCUT2D eigenvalue weighted by Crippen LogP contribution is 2.29. The lowest BCUT2D eigenvalue weighted by Gasteiger charge is -2.15. The average Bonchev–Trinajstić information content (AvgIpc) is 3.07. The lowest BCUT2D eigenvalue weighted by molar-refractivity contribution is -0.119. The SMILES string of the molecule is Cn1cc(SCC(=O)NC2CCc3n[nH]c(=O)n3CC2)c2ccccc21. The number of aryl methyl sites for hydroxylation is 2. The first-order valence-electron chi connectivity index (χ1n) is 8.72. The molecule has 2 N–H and O–H groups in total. The zero-order chi connectivity index (χ0) is 18.1. The van der Waals surface area contributed by atoms with Crippen LogP contribution in [-0.2, 0) is 24.8 Å². The first-order valence-corrected chi connectivity index (χ1v) is 9.70. The van der Waals surface area contributed by atoms with Crippen LogP contribution in [0.3, 0.4) is 0 Å². The number of fused-ring (bicyclic) bond motifs is 2. The predicted molar refractivity (Wildman–Crippen MR) is 101 cm³/mol. The smallest absolute Gasteiger partial charge is 0.343 e. The summed E-state index contributed by atoms with van der Waals surface area (Å²) in [5, 5.41) is 10.8. The van der Waals surface area contributed by atoms with Crippen LogP contribution in [0.4, 0.5) is 0 Å². The Bertz CT molecular complexity index is 1000. The van der Waals surface area contributed by atoms with E-state index in [0.29, 0.717) is 18.7 Å². The van der Waals surface area contributed by atoms with Crippen LogP contribution in [0.2, 0.25) is 0 Å². The van der Waals surface area contributed by atoms with Crippen molar-refractivity contribution in [3.8, 4) is 0 Å². The highest BCUT2D eigenvalue weighted by molar-refractivity contribution is 8.00. The van der Waals surface area contributed by atoms with Crippen molar-refractivity contribution in [1.82, 2.24) is 24.6 Å². The third kappa shape index (κ3) is 3.29. The van der Waals surface area contributed by atoms with Gasteiger partial charge in [0, 0.05) is 48.1 Å². The number of thioether (sulfide) groups is 1. The summed E-state index contributed by atoms with van der Waals surface area (Å²) in [4.78, 5) is 25.2. The van der Waals surface area contributed by atoms with E-state index in [0.717, 1.165) is 23.6 Å². The number of carbonyl (C=O) groups excluding carboxylic acids is 1. The fourth-order valence-corrected chi connectivity index (χ4v) is 4.41. The van der Waals surface area contributed by atoms with Crippen LogP contribution in [0.25, 0.3) is 10.9 Å². The summed E-state index contributed by atoms with van der Waals surface area (Å²) in [5.74, 6) is 1.19. The van der Waals surface area contributed by atoms with Gasteiger partial charge < -0.3 is 9.88 Å². The summed E-state index contributed by atoms with van der Waals surface area (Å²) in [7, 11) is 2.02. The summed E-state index contributed by atoms with van der Waals surface area (Å²) in [6.07, 6.45) is 4.31. The van der Waals surface area contributed by atoms with Gasteiger partial charge in [-0.25, -0.2) is 9.89 Å². The van der Waals surface area contributed by atoms with Crippen molar-refractivity contribution in [2.75, 3.05) is 5.75 Å². The molecule has 0 saturated carbocycles. The van der Waals surface area contributed by atoms with Crippen molar-refractivity contribution in [1.29, 1.82) is 0 Å². The monoisotopic (exact) mass is 371 g/mol. The number of nitrogens with one attached hydrogen (secondary N) is 2. The van der Waals surface area contributed by atoms with Crippen LogP contribution in [0.15, 0.2) is 40.2 Å². The molecule has 8 heteroatoms. The molecule has 7 nitrogen and oxygen atoms in total. The summed E-state index contributed by atoms with van der Waals surface area (Å²) < 4.78 is 3.75. The number of H-pyrrole nitrogens is 1. The largest absolute Gasteiger partial charge is 0.353 e. The highest BCUT2D eigenvalue weighted by atomic mass is 32.2. The molecule has 0 aliphatic carbocycles. The van der Waals surface area contributed by atoms with Crippen molar-refractivity contribution >= 4 is 28.6 Å². The Morgan fingerprint density at radius 3 is 3.12 bits per heavy atom. The Labute approximate surface area is 154 Å². The first-order chi connectivity index (χ1) is 12.6. The van der Waals surface area contributed by atoms with Crippen LogP contribution in [-0.4, -0.2) is 37.0 Å². The first kappa shape index (κ1) is 17.0. The molecule has 1 atom stereocenters. The molecule has 1 amide bonds. The van der Waals surface area contributed by atoms with Gasteiger partial charge in [-0.15, -0.1) is 11.8 Å². The van der Waals surface area contributed by atoms with Gasteiger partial charge in [0.25, 0.3) is 0 Å². The summed E-state index contributed by atoms with van der Waals surface area (Å²) in [6, 6.07) is 8.28. The van der Waals surface area contributed by atoms with Crippen molar-refractivity contribution < 1.29 is 4.79 Å². The number of hydrogen-bond donors (Lipinski definition) is 2. The predicted octanol–water partition coefficient (Wildman–Crippen LogP) is 1.68. The number of aromatic nitrogens is 4. The molecule has 0 radical (unpaired) electrons. The van der Waals surface area contributed by atoms with Gasteiger partial charge in [-0.05, 0) is 18.9 Å². The van der Waals surface area contributed by atoms with Crippen LogP contribution in [0.5, 0.6) is 0 Å². The van der Waals surface area contributed by atoms with E-state index in [1.165, 1.54) is 10.9 Å². The number of rotatable bonds is 4.